The Kier molecular flexibility index (Phi) is 9.89. The number of hydrogen-bond donors (Lipinski definition) is 1. The van der Waals surface area contributed by atoms with E-state index in [9.17, 15) is 10.1 Å². The summed E-state index contributed by atoms with van der Waals surface area (Å²) < 4.78 is 28.3. The fourth-order valence-corrected chi connectivity index (χ4v) is 4.53. The number of unbranched alkanes of at least 4 members (excludes halogenated alkanes) is 4. The molecule has 0 amide bonds. The van der Waals surface area contributed by atoms with Crippen molar-refractivity contribution in [3.63, 3.8) is 0 Å². The number of methoxy groups -OCH3 is 1. The van der Waals surface area contributed by atoms with Gasteiger partial charge in [-0.2, -0.15) is 5.26 Å². The number of nitrogens with zero attached hydrogens (tertiary/aromatic N) is 1. The Labute approximate surface area is 234 Å². The van der Waals surface area contributed by atoms with Gasteiger partial charge in [0.1, 0.15) is 28.9 Å². The van der Waals surface area contributed by atoms with Crippen molar-refractivity contribution >= 4 is 5.97 Å². The number of rotatable bonds is 13. The molecule has 3 aromatic carbocycles. The lowest BCUT2D eigenvalue weighted by atomic mass is 9.83. The highest BCUT2D eigenvalue weighted by Gasteiger charge is 2.31. The van der Waals surface area contributed by atoms with E-state index in [1.54, 1.807) is 37.4 Å². The fourth-order valence-electron chi connectivity index (χ4n) is 4.53. The van der Waals surface area contributed by atoms with Crippen molar-refractivity contribution in [1.29, 1.82) is 5.26 Å². The summed E-state index contributed by atoms with van der Waals surface area (Å²) in [4.78, 5) is 12.4. The number of carbonyl (C=O) groups is 1. The summed E-state index contributed by atoms with van der Waals surface area (Å²) in [6.45, 7) is 2.55. The van der Waals surface area contributed by atoms with Crippen molar-refractivity contribution in [3.05, 3.63) is 89.3 Å². The van der Waals surface area contributed by atoms with Crippen LogP contribution >= 0.6 is 0 Å². The fraction of sp³-hybridized carbons (Fsp3) is 0.312. The van der Waals surface area contributed by atoms with Crippen LogP contribution in [0.15, 0.2) is 78.2 Å². The van der Waals surface area contributed by atoms with Gasteiger partial charge in [-0.05, 0) is 42.3 Å². The summed E-state index contributed by atoms with van der Waals surface area (Å²) in [6.07, 6.45) is 5.73. The molecule has 2 N–H and O–H groups in total. The predicted molar refractivity (Wildman–Crippen MR) is 151 cm³/mol. The van der Waals surface area contributed by atoms with E-state index < -0.39 is 11.9 Å². The van der Waals surface area contributed by atoms with E-state index in [0.717, 1.165) is 18.4 Å². The molecule has 0 radical (unpaired) electrons. The average Bonchev–Trinajstić information content (AvgIpc) is 2.97. The first-order valence-corrected chi connectivity index (χ1v) is 13.4. The minimum atomic E-state index is -0.567. The number of carbonyl (C=O) groups excluding carboxylic acids is 1. The number of esters is 1. The van der Waals surface area contributed by atoms with Gasteiger partial charge in [0, 0.05) is 11.6 Å². The van der Waals surface area contributed by atoms with Crippen LogP contribution in [0, 0.1) is 11.3 Å². The van der Waals surface area contributed by atoms with Gasteiger partial charge in [-0.3, -0.25) is 0 Å². The minimum absolute atomic E-state index is 0.0118. The molecule has 0 aromatic heterocycles. The van der Waals surface area contributed by atoms with Gasteiger partial charge in [-0.15, -0.1) is 0 Å². The zero-order valence-electron chi connectivity index (χ0n) is 22.9. The summed E-state index contributed by atoms with van der Waals surface area (Å²) in [7, 11) is 1.59. The molecule has 0 bridgehead atoms. The third-order valence-corrected chi connectivity index (χ3v) is 6.55. The molecule has 8 nitrogen and oxygen atoms in total. The molecule has 1 atom stereocenters. The number of ether oxygens (including phenoxy) is 5. The Morgan fingerprint density at radius 2 is 1.75 bits per heavy atom. The molecule has 0 spiro atoms. The molecule has 0 saturated heterocycles. The molecular weight excluding hydrogens is 508 g/mol. The van der Waals surface area contributed by atoms with Crippen LogP contribution in [0.25, 0.3) is 0 Å². The second-order valence-electron chi connectivity index (χ2n) is 9.37. The van der Waals surface area contributed by atoms with Gasteiger partial charge in [-0.25, -0.2) is 4.79 Å². The third-order valence-electron chi connectivity index (χ3n) is 6.55. The molecule has 1 aliphatic heterocycles. The lowest BCUT2D eigenvalue weighted by Crippen LogP contribution is -2.22. The number of nitrogens with two attached hydrogens (primary N) is 1. The van der Waals surface area contributed by atoms with E-state index in [0.29, 0.717) is 35.2 Å². The van der Waals surface area contributed by atoms with Crippen molar-refractivity contribution in [1.82, 2.24) is 0 Å². The second-order valence-corrected chi connectivity index (χ2v) is 9.37. The Morgan fingerprint density at radius 1 is 0.950 bits per heavy atom. The van der Waals surface area contributed by atoms with Crippen LogP contribution in [-0.2, 0) is 4.79 Å². The van der Waals surface area contributed by atoms with Gasteiger partial charge in [0.05, 0.1) is 19.6 Å². The lowest BCUT2D eigenvalue weighted by molar-refractivity contribution is -0.136. The summed E-state index contributed by atoms with van der Waals surface area (Å²) in [6, 6.07) is 21.8. The predicted octanol–water partition coefficient (Wildman–Crippen LogP) is 6.25. The maximum Gasteiger partial charge on any atom is 0.349 e. The van der Waals surface area contributed by atoms with Gasteiger partial charge in [-0.1, -0.05) is 62.9 Å². The topological polar surface area (TPSA) is 113 Å². The van der Waals surface area contributed by atoms with Gasteiger partial charge >= 0.3 is 5.97 Å². The number of para-hydroxylation sites is 1. The molecule has 1 heterocycles. The quantitative estimate of drug-likeness (QED) is 0.153. The number of hydrogen-bond acceptors (Lipinski definition) is 8. The molecular formula is C32H34N2O6. The monoisotopic (exact) mass is 542 g/mol. The van der Waals surface area contributed by atoms with Gasteiger partial charge in [0.2, 0.25) is 5.88 Å². The molecule has 4 rings (SSSR count). The van der Waals surface area contributed by atoms with E-state index in [4.69, 9.17) is 29.4 Å². The second kappa shape index (κ2) is 13.9. The van der Waals surface area contributed by atoms with Crippen LogP contribution in [-0.4, -0.2) is 26.3 Å². The smallest absolute Gasteiger partial charge is 0.349 e. The molecule has 3 aromatic rings. The van der Waals surface area contributed by atoms with Crippen LogP contribution < -0.4 is 29.4 Å². The molecule has 8 heteroatoms. The van der Waals surface area contributed by atoms with Gasteiger partial charge in [0.15, 0.2) is 18.1 Å². The SMILES string of the molecule is CCCCCCCOc1ccc(C2C(C#N)=C(N)Oc3cc(OC(=O)COc4ccccc4)ccc32)cc1OC. The first kappa shape index (κ1) is 28.4. The Hall–Kier alpha value is -4.64. The highest BCUT2D eigenvalue weighted by Crippen LogP contribution is 2.45. The van der Waals surface area contributed by atoms with Crippen LogP contribution in [0.1, 0.15) is 56.1 Å². The van der Waals surface area contributed by atoms with Crippen molar-refractivity contribution < 1.29 is 28.5 Å². The zero-order chi connectivity index (χ0) is 28.3. The lowest BCUT2D eigenvalue weighted by Gasteiger charge is -2.27. The molecule has 0 aliphatic carbocycles. The average molecular weight is 543 g/mol. The minimum Gasteiger partial charge on any atom is -0.493 e. The summed E-state index contributed by atoms with van der Waals surface area (Å²) in [5.41, 5.74) is 7.94. The molecule has 0 fully saturated rings. The highest BCUT2D eigenvalue weighted by atomic mass is 16.6. The molecule has 0 saturated carbocycles. The highest BCUT2D eigenvalue weighted by molar-refractivity contribution is 5.74. The van der Waals surface area contributed by atoms with Crippen molar-refractivity contribution in [2.24, 2.45) is 5.73 Å². The van der Waals surface area contributed by atoms with Gasteiger partial charge < -0.3 is 29.4 Å². The molecule has 208 valence electrons. The summed E-state index contributed by atoms with van der Waals surface area (Å²) in [5, 5.41) is 9.92. The van der Waals surface area contributed by atoms with Crippen molar-refractivity contribution in [2.75, 3.05) is 20.3 Å². The first-order chi connectivity index (χ1) is 19.5. The standard InChI is InChI=1S/C32H34N2O6/c1-3-4-5-6-10-17-37-27-16-13-22(18-29(27)36-2)31-25-15-14-24(19-28(25)40-32(34)26(31)20-33)39-30(35)21-38-23-11-8-7-9-12-23/h7-9,11-16,18-19,31H,3-6,10,17,21,34H2,1-2H3. The largest absolute Gasteiger partial charge is 0.493 e. The molecule has 1 unspecified atom stereocenters. The van der Waals surface area contributed by atoms with E-state index in [1.807, 2.05) is 36.4 Å². The number of benzene rings is 3. The van der Waals surface area contributed by atoms with Crippen LogP contribution in [0.5, 0.6) is 28.7 Å². The third kappa shape index (κ3) is 7.06. The number of allylic oxidation sites excluding steroid dienone is 1. The Morgan fingerprint density at radius 3 is 2.50 bits per heavy atom. The van der Waals surface area contributed by atoms with Crippen LogP contribution in [0.2, 0.25) is 0 Å². The molecule has 1 aliphatic rings. The van der Waals surface area contributed by atoms with E-state index in [-0.39, 0.29) is 23.8 Å². The maximum absolute atomic E-state index is 12.4. The number of nitriles is 1. The normalized spacial score (nSPS) is 14.0. The van der Waals surface area contributed by atoms with Crippen LogP contribution in [0.4, 0.5) is 0 Å². The van der Waals surface area contributed by atoms with Crippen molar-refractivity contribution in [3.8, 4) is 34.8 Å². The Bertz CT molecular complexity index is 1380. The first-order valence-electron chi connectivity index (χ1n) is 13.4. The van der Waals surface area contributed by atoms with Gasteiger partial charge in [0.25, 0.3) is 0 Å². The Balaban J connectivity index is 1.50. The van der Waals surface area contributed by atoms with E-state index >= 15 is 0 Å². The zero-order valence-corrected chi connectivity index (χ0v) is 22.9. The van der Waals surface area contributed by atoms with E-state index in [2.05, 4.69) is 13.0 Å². The van der Waals surface area contributed by atoms with Crippen molar-refractivity contribution in [2.45, 2.75) is 44.9 Å². The maximum atomic E-state index is 12.4. The summed E-state index contributed by atoms with van der Waals surface area (Å²) >= 11 is 0. The molecule has 40 heavy (non-hydrogen) atoms. The van der Waals surface area contributed by atoms with Crippen LogP contribution in [0.3, 0.4) is 0 Å². The van der Waals surface area contributed by atoms with E-state index in [1.165, 1.54) is 19.3 Å². The summed E-state index contributed by atoms with van der Waals surface area (Å²) in [5.74, 6) is 1.36. The number of fused-ring (bicyclic) bond motifs is 1.